The number of amides is 1. The molecular weight excluding hydrogens is 272 g/mol. The highest BCUT2D eigenvalue weighted by Crippen LogP contribution is 2.24. The maximum Gasteiger partial charge on any atom is 0.255 e. The summed E-state index contributed by atoms with van der Waals surface area (Å²) < 4.78 is 0. The number of nitrogen functional groups attached to an aromatic ring is 1. The average Bonchev–Trinajstić information content (AvgIpc) is 2.46. The summed E-state index contributed by atoms with van der Waals surface area (Å²) in [5.41, 5.74) is 9.49. The van der Waals surface area contributed by atoms with Crippen molar-refractivity contribution in [3.63, 3.8) is 0 Å². The SMILES string of the molecule is Nc1ccc2c(c1)CN(C(=O)c1ccccc1Cl)CC2. The Morgan fingerprint density at radius 1 is 1.15 bits per heavy atom. The van der Waals surface area contributed by atoms with Crippen LogP contribution in [0.4, 0.5) is 5.69 Å². The standard InChI is InChI=1S/C16H15ClN2O/c17-15-4-2-1-3-14(15)16(20)19-8-7-11-5-6-13(18)9-12(11)10-19/h1-6,9H,7-8,10,18H2. The molecule has 2 N–H and O–H groups in total. The second-order valence-corrected chi connectivity index (χ2v) is 5.39. The monoisotopic (exact) mass is 286 g/mol. The number of fused-ring (bicyclic) bond motifs is 1. The van der Waals surface area contributed by atoms with Gasteiger partial charge in [-0.25, -0.2) is 0 Å². The van der Waals surface area contributed by atoms with Crippen LogP contribution in [0.25, 0.3) is 0 Å². The van der Waals surface area contributed by atoms with Gasteiger partial charge in [-0.1, -0.05) is 29.8 Å². The van der Waals surface area contributed by atoms with Gasteiger partial charge in [0.05, 0.1) is 10.6 Å². The molecule has 0 saturated heterocycles. The van der Waals surface area contributed by atoms with E-state index < -0.39 is 0 Å². The van der Waals surface area contributed by atoms with Crippen LogP contribution in [0.5, 0.6) is 0 Å². The van der Waals surface area contributed by atoms with Crippen LogP contribution in [-0.2, 0) is 13.0 Å². The van der Waals surface area contributed by atoms with Gasteiger partial charge in [-0.15, -0.1) is 0 Å². The van der Waals surface area contributed by atoms with E-state index in [0.29, 0.717) is 23.7 Å². The van der Waals surface area contributed by atoms with Gasteiger partial charge in [0.1, 0.15) is 0 Å². The van der Waals surface area contributed by atoms with Gasteiger partial charge in [-0.05, 0) is 41.8 Å². The van der Waals surface area contributed by atoms with Crippen LogP contribution in [0.1, 0.15) is 21.5 Å². The van der Waals surface area contributed by atoms with E-state index in [1.807, 2.05) is 35.2 Å². The quantitative estimate of drug-likeness (QED) is 0.819. The summed E-state index contributed by atoms with van der Waals surface area (Å²) in [7, 11) is 0. The highest BCUT2D eigenvalue weighted by molar-refractivity contribution is 6.33. The molecule has 1 aliphatic heterocycles. The fourth-order valence-electron chi connectivity index (χ4n) is 2.56. The van der Waals surface area contributed by atoms with E-state index in [4.69, 9.17) is 17.3 Å². The predicted molar refractivity (Wildman–Crippen MR) is 80.8 cm³/mol. The minimum Gasteiger partial charge on any atom is -0.399 e. The lowest BCUT2D eigenvalue weighted by molar-refractivity contribution is 0.0735. The molecule has 0 aromatic heterocycles. The van der Waals surface area contributed by atoms with Crippen molar-refractivity contribution in [1.82, 2.24) is 4.90 Å². The summed E-state index contributed by atoms with van der Waals surface area (Å²) in [6.07, 6.45) is 0.853. The zero-order valence-electron chi connectivity index (χ0n) is 11.0. The molecule has 0 fully saturated rings. The molecule has 1 amide bonds. The summed E-state index contributed by atoms with van der Waals surface area (Å²) in [4.78, 5) is 14.3. The number of halogens is 1. The number of carbonyl (C=O) groups excluding carboxylic acids is 1. The zero-order chi connectivity index (χ0) is 14.1. The molecule has 3 rings (SSSR count). The molecule has 0 bridgehead atoms. The third kappa shape index (κ3) is 2.37. The Labute approximate surface area is 123 Å². The molecule has 2 aromatic carbocycles. The van der Waals surface area contributed by atoms with Gasteiger partial charge < -0.3 is 10.6 Å². The lowest BCUT2D eigenvalue weighted by atomic mass is 9.98. The predicted octanol–water partition coefficient (Wildman–Crippen LogP) is 3.12. The number of hydrogen-bond donors (Lipinski definition) is 1. The lowest BCUT2D eigenvalue weighted by Gasteiger charge is -2.29. The van der Waals surface area contributed by atoms with Gasteiger partial charge in [0, 0.05) is 18.8 Å². The smallest absolute Gasteiger partial charge is 0.255 e. The minimum absolute atomic E-state index is 0.0244. The fraction of sp³-hybridized carbons (Fsp3) is 0.188. The number of benzene rings is 2. The first-order valence-electron chi connectivity index (χ1n) is 6.56. The molecule has 0 saturated carbocycles. The average molecular weight is 287 g/mol. The Balaban J connectivity index is 1.87. The van der Waals surface area contributed by atoms with Crippen molar-refractivity contribution >= 4 is 23.2 Å². The van der Waals surface area contributed by atoms with Crippen molar-refractivity contribution in [2.24, 2.45) is 0 Å². The summed E-state index contributed by atoms with van der Waals surface area (Å²) in [5, 5.41) is 0.496. The summed E-state index contributed by atoms with van der Waals surface area (Å²) in [6, 6.07) is 13.1. The highest BCUT2D eigenvalue weighted by Gasteiger charge is 2.23. The molecule has 0 spiro atoms. The molecule has 20 heavy (non-hydrogen) atoms. The number of carbonyl (C=O) groups is 1. The summed E-state index contributed by atoms with van der Waals surface area (Å²) >= 11 is 6.10. The number of nitrogens with zero attached hydrogens (tertiary/aromatic N) is 1. The normalized spacial score (nSPS) is 13.9. The molecule has 2 aromatic rings. The molecule has 0 aliphatic carbocycles. The van der Waals surface area contributed by atoms with Crippen LogP contribution >= 0.6 is 11.6 Å². The molecule has 3 nitrogen and oxygen atoms in total. The van der Waals surface area contributed by atoms with Crippen LogP contribution in [0.2, 0.25) is 5.02 Å². The largest absolute Gasteiger partial charge is 0.399 e. The van der Waals surface area contributed by atoms with Crippen molar-refractivity contribution in [3.8, 4) is 0 Å². The van der Waals surface area contributed by atoms with Gasteiger partial charge in [-0.2, -0.15) is 0 Å². The fourth-order valence-corrected chi connectivity index (χ4v) is 2.77. The Morgan fingerprint density at radius 3 is 2.75 bits per heavy atom. The van der Waals surface area contributed by atoms with Crippen LogP contribution in [0.3, 0.4) is 0 Å². The molecule has 102 valence electrons. The number of anilines is 1. The van der Waals surface area contributed by atoms with E-state index in [-0.39, 0.29) is 5.91 Å². The molecule has 4 heteroatoms. The van der Waals surface area contributed by atoms with Crippen molar-refractivity contribution in [3.05, 3.63) is 64.2 Å². The number of rotatable bonds is 1. The Bertz CT molecular complexity index is 669. The molecule has 0 unspecified atom stereocenters. The number of nitrogens with two attached hydrogens (primary N) is 1. The van der Waals surface area contributed by atoms with E-state index >= 15 is 0 Å². The molecular formula is C16H15ClN2O. The summed E-state index contributed by atoms with van der Waals surface area (Å²) in [5.74, 6) is -0.0244. The van der Waals surface area contributed by atoms with Gasteiger partial charge >= 0.3 is 0 Å². The highest BCUT2D eigenvalue weighted by atomic mass is 35.5. The third-order valence-electron chi connectivity index (χ3n) is 3.63. The van der Waals surface area contributed by atoms with E-state index in [0.717, 1.165) is 17.7 Å². The molecule has 0 radical (unpaired) electrons. The first kappa shape index (κ1) is 13.0. The van der Waals surface area contributed by atoms with E-state index in [1.165, 1.54) is 5.56 Å². The molecule has 1 heterocycles. The minimum atomic E-state index is -0.0244. The second-order valence-electron chi connectivity index (χ2n) is 4.98. The zero-order valence-corrected chi connectivity index (χ0v) is 11.7. The Hall–Kier alpha value is -2.00. The molecule has 1 aliphatic rings. The van der Waals surface area contributed by atoms with Crippen molar-refractivity contribution in [2.75, 3.05) is 12.3 Å². The van der Waals surface area contributed by atoms with Gasteiger partial charge in [0.25, 0.3) is 5.91 Å². The van der Waals surface area contributed by atoms with Crippen molar-refractivity contribution < 1.29 is 4.79 Å². The van der Waals surface area contributed by atoms with Crippen LogP contribution in [-0.4, -0.2) is 17.4 Å². The first-order valence-corrected chi connectivity index (χ1v) is 6.94. The van der Waals surface area contributed by atoms with Crippen LogP contribution in [0.15, 0.2) is 42.5 Å². The Kier molecular flexibility index (Phi) is 3.36. The van der Waals surface area contributed by atoms with Gasteiger partial charge in [0.15, 0.2) is 0 Å². The van der Waals surface area contributed by atoms with Crippen LogP contribution in [0, 0.1) is 0 Å². The third-order valence-corrected chi connectivity index (χ3v) is 3.96. The van der Waals surface area contributed by atoms with Crippen molar-refractivity contribution in [1.29, 1.82) is 0 Å². The number of hydrogen-bond acceptors (Lipinski definition) is 2. The Morgan fingerprint density at radius 2 is 1.95 bits per heavy atom. The lowest BCUT2D eigenvalue weighted by Crippen LogP contribution is -2.36. The van der Waals surface area contributed by atoms with E-state index in [9.17, 15) is 4.79 Å². The summed E-state index contributed by atoms with van der Waals surface area (Å²) in [6.45, 7) is 1.30. The van der Waals surface area contributed by atoms with Crippen molar-refractivity contribution in [2.45, 2.75) is 13.0 Å². The maximum atomic E-state index is 12.5. The second kappa shape index (κ2) is 5.17. The first-order chi connectivity index (χ1) is 9.65. The maximum absolute atomic E-state index is 12.5. The van der Waals surface area contributed by atoms with Gasteiger partial charge in [-0.3, -0.25) is 4.79 Å². The van der Waals surface area contributed by atoms with Crippen LogP contribution < -0.4 is 5.73 Å². The topological polar surface area (TPSA) is 46.3 Å². The van der Waals surface area contributed by atoms with E-state index in [2.05, 4.69) is 0 Å². The molecule has 0 atom stereocenters. The van der Waals surface area contributed by atoms with Gasteiger partial charge in [0.2, 0.25) is 0 Å². The van der Waals surface area contributed by atoms with E-state index in [1.54, 1.807) is 12.1 Å².